The Bertz CT molecular complexity index is 2110. The summed E-state index contributed by atoms with van der Waals surface area (Å²) in [5, 5.41) is 16.9. The maximum Gasteiger partial charge on any atom is 0.424 e. The normalized spacial score (nSPS) is 22.4. The number of alkyl halides is 3. The number of carbonyl (C=O) groups excluding carboxylic acids is 3. The predicted octanol–water partition coefficient (Wildman–Crippen LogP) is 4.55. The zero-order valence-electron chi connectivity index (χ0n) is 26.0. The standard InChI is InChI=1S/C35H29F4N5O5/c1-16-10-19-11-20(12-23(25(19)41-14-16)43-29(46)18-2-3-18)28(45)42-15-33(48,35(37,38)39)24-13-22-27(26(44-24)17-4-6-21(36)7-5-17)49-30-32(8-9-32)34(22,30)31(40)47/h4-7,10-14,18,30,48H,2-3,8-9,15H2,1H3,(H2,40,47)(H,42,45)(H,43,46)/t30?,33-,34-/m0/s1. The Morgan fingerprint density at radius 3 is 2.43 bits per heavy atom. The third kappa shape index (κ3) is 4.52. The molecule has 0 bridgehead atoms. The first-order valence-electron chi connectivity index (χ1n) is 15.8. The molecule has 3 aliphatic carbocycles. The van der Waals surface area contributed by atoms with Gasteiger partial charge in [-0.1, -0.05) is 0 Å². The molecule has 4 aliphatic rings. The number of amides is 3. The maximum atomic E-state index is 15.0. The molecule has 3 heterocycles. The number of nitrogens with two attached hydrogens (primary N) is 1. The van der Waals surface area contributed by atoms with Gasteiger partial charge in [0, 0.05) is 39.6 Å². The fourth-order valence-corrected chi connectivity index (χ4v) is 7.36. The van der Waals surface area contributed by atoms with E-state index in [-0.39, 0.29) is 45.6 Å². The van der Waals surface area contributed by atoms with Gasteiger partial charge < -0.3 is 26.2 Å². The lowest BCUT2D eigenvalue weighted by Gasteiger charge is -2.31. The minimum absolute atomic E-state index is 0.0334. The van der Waals surface area contributed by atoms with Crippen molar-refractivity contribution < 1.29 is 41.8 Å². The molecular weight excluding hydrogens is 646 g/mol. The number of hydrogen-bond donors (Lipinski definition) is 4. The molecule has 8 rings (SSSR count). The summed E-state index contributed by atoms with van der Waals surface area (Å²) in [4.78, 5) is 47.6. The number of aryl methyl sites for hydroxylation is 1. The van der Waals surface area contributed by atoms with Gasteiger partial charge in [-0.25, -0.2) is 9.37 Å². The number of hydrogen-bond acceptors (Lipinski definition) is 7. The molecule has 3 amide bonds. The van der Waals surface area contributed by atoms with Crippen LogP contribution in [-0.2, 0) is 20.6 Å². The van der Waals surface area contributed by atoms with Crippen LogP contribution in [0.3, 0.4) is 0 Å². The van der Waals surface area contributed by atoms with E-state index in [1.165, 1.54) is 24.3 Å². The lowest BCUT2D eigenvalue weighted by Crippen LogP contribution is -2.51. The summed E-state index contributed by atoms with van der Waals surface area (Å²) in [5.41, 5.74) is 0.544. The predicted molar refractivity (Wildman–Crippen MR) is 167 cm³/mol. The van der Waals surface area contributed by atoms with Gasteiger partial charge >= 0.3 is 6.18 Å². The summed E-state index contributed by atoms with van der Waals surface area (Å²) >= 11 is 0. The van der Waals surface area contributed by atoms with Crippen LogP contribution in [0, 0.1) is 24.1 Å². The number of halogens is 4. The Morgan fingerprint density at radius 1 is 1.08 bits per heavy atom. The number of anilines is 1. The second-order valence-electron chi connectivity index (χ2n) is 13.5. The SMILES string of the molecule is Cc1cnc2c(NC(=O)C3CC3)cc(C(=O)NC[C@](O)(c3cc4c(c(-c5ccc(F)cc5)n3)OC3C5(CC5)[C@@]43C(N)=O)C(F)(F)F)cc2c1. The molecular formula is C35H29F4N5O5. The molecule has 5 N–H and O–H groups in total. The second-order valence-corrected chi connectivity index (χ2v) is 13.5. The van der Waals surface area contributed by atoms with Gasteiger partial charge in [0.15, 0.2) is 5.75 Å². The van der Waals surface area contributed by atoms with Gasteiger partial charge in [0.25, 0.3) is 5.91 Å². The zero-order chi connectivity index (χ0) is 34.7. The number of aliphatic hydroxyl groups is 1. The minimum atomic E-state index is -5.38. The highest BCUT2D eigenvalue weighted by atomic mass is 19.4. The van der Waals surface area contributed by atoms with Gasteiger partial charge in [-0.05, 0) is 86.7 Å². The quantitative estimate of drug-likeness (QED) is 0.200. The number of aromatic nitrogens is 2. The van der Waals surface area contributed by atoms with Crippen LogP contribution in [0.15, 0.2) is 54.7 Å². The average Bonchev–Trinajstić information content (AvgIpc) is 4.00. The lowest BCUT2D eigenvalue weighted by atomic mass is 9.86. The van der Waals surface area contributed by atoms with E-state index in [1.807, 2.05) is 0 Å². The first-order chi connectivity index (χ1) is 23.2. The molecule has 2 aromatic heterocycles. The highest BCUT2D eigenvalue weighted by molar-refractivity contribution is 6.06. The summed E-state index contributed by atoms with van der Waals surface area (Å²) in [5.74, 6) is -2.73. The molecule has 252 valence electrons. The number of pyridine rings is 2. The van der Waals surface area contributed by atoms with E-state index < -0.39 is 58.6 Å². The summed E-state index contributed by atoms with van der Waals surface area (Å²) in [6, 6.07) is 10.2. The number of nitrogens with zero attached hydrogens (tertiary/aromatic N) is 2. The Kier molecular flexibility index (Phi) is 6.49. The monoisotopic (exact) mass is 675 g/mol. The van der Waals surface area contributed by atoms with Crippen molar-refractivity contribution in [1.82, 2.24) is 15.3 Å². The third-order valence-corrected chi connectivity index (χ3v) is 10.3. The van der Waals surface area contributed by atoms with Crippen molar-refractivity contribution in [3.63, 3.8) is 0 Å². The van der Waals surface area contributed by atoms with Gasteiger partial charge in [-0.2, -0.15) is 13.2 Å². The first kappa shape index (κ1) is 31.2. The highest BCUT2D eigenvalue weighted by Crippen LogP contribution is 2.83. The molecule has 0 saturated heterocycles. The van der Waals surface area contributed by atoms with Crippen LogP contribution in [0.4, 0.5) is 23.2 Å². The van der Waals surface area contributed by atoms with Crippen LogP contribution in [0.25, 0.3) is 22.2 Å². The topological polar surface area (TPSA) is 157 Å². The zero-order valence-corrected chi connectivity index (χ0v) is 26.0. The number of nitrogens with one attached hydrogen (secondary N) is 2. The lowest BCUT2D eigenvalue weighted by molar-refractivity contribution is -0.265. The summed E-state index contributed by atoms with van der Waals surface area (Å²) in [7, 11) is 0. The fraction of sp³-hybridized carbons (Fsp3) is 0.343. The molecule has 3 saturated carbocycles. The van der Waals surface area contributed by atoms with E-state index in [2.05, 4.69) is 20.6 Å². The number of primary amides is 1. The van der Waals surface area contributed by atoms with Gasteiger partial charge in [-0.3, -0.25) is 19.4 Å². The van der Waals surface area contributed by atoms with Gasteiger partial charge in [-0.15, -0.1) is 0 Å². The summed E-state index contributed by atoms with van der Waals surface area (Å²) in [6.45, 7) is 0.411. The maximum absolute atomic E-state index is 15.0. The van der Waals surface area contributed by atoms with Crippen molar-refractivity contribution in [2.45, 2.75) is 55.9 Å². The Morgan fingerprint density at radius 2 is 1.80 bits per heavy atom. The van der Waals surface area contributed by atoms with Crippen LogP contribution < -0.4 is 21.1 Å². The molecule has 10 nitrogen and oxygen atoms in total. The average molecular weight is 676 g/mol. The van der Waals surface area contributed by atoms with Crippen LogP contribution >= 0.6 is 0 Å². The van der Waals surface area contributed by atoms with E-state index in [1.54, 1.807) is 19.2 Å². The minimum Gasteiger partial charge on any atom is -0.486 e. The van der Waals surface area contributed by atoms with Crippen LogP contribution in [-0.4, -0.2) is 51.6 Å². The van der Waals surface area contributed by atoms with Gasteiger partial charge in [0.2, 0.25) is 17.4 Å². The molecule has 49 heavy (non-hydrogen) atoms. The molecule has 14 heteroatoms. The molecule has 1 aliphatic heterocycles. The number of benzene rings is 2. The van der Waals surface area contributed by atoms with E-state index in [9.17, 15) is 37.1 Å². The van der Waals surface area contributed by atoms with Gasteiger partial charge in [0.05, 0.1) is 23.4 Å². The van der Waals surface area contributed by atoms with Crippen molar-refractivity contribution in [3.8, 4) is 17.0 Å². The van der Waals surface area contributed by atoms with Crippen molar-refractivity contribution in [2.24, 2.45) is 17.1 Å². The van der Waals surface area contributed by atoms with E-state index in [4.69, 9.17) is 10.5 Å². The summed E-state index contributed by atoms with van der Waals surface area (Å²) in [6.07, 6.45) is -1.90. The van der Waals surface area contributed by atoms with Crippen molar-refractivity contribution in [1.29, 1.82) is 0 Å². The highest BCUT2D eigenvalue weighted by Gasteiger charge is 2.91. The number of carbonyl (C=O) groups is 3. The van der Waals surface area contributed by atoms with E-state index in [0.29, 0.717) is 23.7 Å². The first-order valence-corrected chi connectivity index (χ1v) is 15.8. The Balaban J connectivity index is 1.19. The molecule has 1 spiro atoms. The summed E-state index contributed by atoms with van der Waals surface area (Å²) < 4.78 is 64.9. The fourth-order valence-electron chi connectivity index (χ4n) is 7.36. The number of ether oxygens (including phenoxy) is 1. The Labute approximate surface area is 276 Å². The molecule has 0 radical (unpaired) electrons. The molecule has 4 aromatic rings. The van der Waals surface area contributed by atoms with Gasteiger partial charge in [0.1, 0.15) is 23.0 Å². The smallest absolute Gasteiger partial charge is 0.424 e. The molecule has 2 aromatic carbocycles. The second kappa shape index (κ2) is 10.2. The van der Waals surface area contributed by atoms with Crippen molar-refractivity contribution in [2.75, 3.05) is 11.9 Å². The molecule has 3 atom stereocenters. The Hall–Kier alpha value is -5.11. The van der Waals surface area contributed by atoms with Crippen LogP contribution in [0.5, 0.6) is 5.75 Å². The number of rotatable bonds is 8. The van der Waals surface area contributed by atoms with Crippen molar-refractivity contribution >= 4 is 34.3 Å². The van der Waals surface area contributed by atoms with Crippen LogP contribution in [0.2, 0.25) is 0 Å². The van der Waals surface area contributed by atoms with E-state index in [0.717, 1.165) is 36.6 Å². The van der Waals surface area contributed by atoms with E-state index >= 15 is 0 Å². The third-order valence-electron chi connectivity index (χ3n) is 10.3. The molecule has 3 fully saturated rings. The van der Waals surface area contributed by atoms with Crippen LogP contribution in [0.1, 0.15) is 52.9 Å². The largest absolute Gasteiger partial charge is 0.486 e. The van der Waals surface area contributed by atoms with Crippen molar-refractivity contribution in [3.05, 3.63) is 82.9 Å². The molecule has 1 unspecified atom stereocenters. The number of fused-ring (bicyclic) bond motifs is 6.